The summed E-state index contributed by atoms with van der Waals surface area (Å²) in [6.45, 7) is 3.02. The summed E-state index contributed by atoms with van der Waals surface area (Å²) in [5.41, 5.74) is 2.41. The van der Waals surface area contributed by atoms with Gasteiger partial charge in [-0.3, -0.25) is 4.79 Å². The Morgan fingerprint density at radius 2 is 2.00 bits per heavy atom. The summed E-state index contributed by atoms with van der Waals surface area (Å²) in [5, 5.41) is 0. The number of amides is 1. The van der Waals surface area contributed by atoms with Gasteiger partial charge in [0.15, 0.2) is 11.5 Å². The van der Waals surface area contributed by atoms with E-state index < -0.39 is 0 Å². The molecule has 1 atom stereocenters. The van der Waals surface area contributed by atoms with E-state index in [1.807, 2.05) is 12.1 Å². The summed E-state index contributed by atoms with van der Waals surface area (Å²) in [6, 6.07) is 4.14. The molecule has 118 valence electrons. The molecule has 0 aliphatic carbocycles. The zero-order valence-corrected chi connectivity index (χ0v) is 13.4. The maximum absolute atomic E-state index is 12.0. The minimum atomic E-state index is -0.0210. The van der Waals surface area contributed by atoms with Crippen LogP contribution in [0.25, 0.3) is 0 Å². The third-order valence-corrected chi connectivity index (χ3v) is 4.43. The van der Waals surface area contributed by atoms with Gasteiger partial charge in [-0.2, -0.15) is 0 Å². The standard InChI is InChI=1S/C17H22N2O3/c1-4-5-16-18-17(20)10-13-12-9-15(22-3)14(21-2)8-11(12)6-7-19(13)16/h8-9,13H,4-7,10H2,1-3H3. The number of aliphatic imine (C=N–C) groups is 1. The highest BCUT2D eigenvalue weighted by molar-refractivity contribution is 5.97. The molecule has 1 amide bonds. The Bertz CT molecular complexity index is 625. The highest BCUT2D eigenvalue weighted by atomic mass is 16.5. The molecular weight excluding hydrogens is 280 g/mol. The van der Waals surface area contributed by atoms with Gasteiger partial charge in [0.05, 0.1) is 26.7 Å². The first kappa shape index (κ1) is 14.9. The van der Waals surface area contributed by atoms with Gasteiger partial charge in [0, 0.05) is 13.0 Å². The summed E-state index contributed by atoms with van der Waals surface area (Å²) in [6.07, 6.45) is 3.22. The zero-order chi connectivity index (χ0) is 15.7. The molecule has 0 fully saturated rings. The van der Waals surface area contributed by atoms with E-state index in [1.165, 1.54) is 11.1 Å². The zero-order valence-electron chi connectivity index (χ0n) is 13.4. The molecule has 2 aliphatic rings. The van der Waals surface area contributed by atoms with E-state index in [0.29, 0.717) is 6.42 Å². The van der Waals surface area contributed by atoms with E-state index >= 15 is 0 Å². The van der Waals surface area contributed by atoms with E-state index in [-0.39, 0.29) is 11.9 Å². The minimum Gasteiger partial charge on any atom is -0.493 e. The molecule has 1 aromatic rings. The fourth-order valence-corrected chi connectivity index (χ4v) is 3.40. The van der Waals surface area contributed by atoms with Crippen LogP contribution in [0.3, 0.4) is 0 Å². The number of amidine groups is 1. The predicted molar refractivity (Wildman–Crippen MR) is 84.7 cm³/mol. The van der Waals surface area contributed by atoms with Crippen molar-refractivity contribution in [1.82, 2.24) is 4.90 Å². The number of methoxy groups -OCH3 is 2. The number of nitrogens with zero attached hydrogens (tertiary/aromatic N) is 2. The Morgan fingerprint density at radius 3 is 2.68 bits per heavy atom. The number of rotatable bonds is 4. The monoisotopic (exact) mass is 302 g/mol. The van der Waals surface area contributed by atoms with Crippen LogP contribution in [0.5, 0.6) is 11.5 Å². The molecule has 3 rings (SSSR count). The lowest BCUT2D eigenvalue weighted by Crippen LogP contribution is -2.44. The van der Waals surface area contributed by atoms with Crippen LogP contribution in [-0.4, -0.2) is 37.4 Å². The summed E-state index contributed by atoms with van der Waals surface area (Å²) in [7, 11) is 3.29. The van der Waals surface area contributed by atoms with Crippen LogP contribution < -0.4 is 9.47 Å². The molecule has 0 radical (unpaired) electrons. The van der Waals surface area contributed by atoms with Crippen molar-refractivity contribution in [2.45, 2.75) is 38.6 Å². The molecule has 1 unspecified atom stereocenters. The minimum absolute atomic E-state index is 0.0210. The van der Waals surface area contributed by atoms with Crippen molar-refractivity contribution in [3.8, 4) is 11.5 Å². The van der Waals surface area contributed by atoms with Crippen molar-refractivity contribution in [2.75, 3.05) is 20.8 Å². The van der Waals surface area contributed by atoms with Gasteiger partial charge in [0.2, 0.25) is 5.91 Å². The molecule has 22 heavy (non-hydrogen) atoms. The predicted octanol–water partition coefficient (Wildman–Crippen LogP) is 2.73. The second kappa shape index (κ2) is 5.99. The number of ether oxygens (including phenoxy) is 2. The van der Waals surface area contributed by atoms with Gasteiger partial charge in [-0.25, -0.2) is 4.99 Å². The lowest BCUT2D eigenvalue weighted by atomic mass is 9.88. The van der Waals surface area contributed by atoms with E-state index in [2.05, 4.69) is 16.8 Å². The lowest BCUT2D eigenvalue weighted by molar-refractivity contribution is -0.119. The van der Waals surface area contributed by atoms with Crippen molar-refractivity contribution in [1.29, 1.82) is 0 Å². The quantitative estimate of drug-likeness (QED) is 0.858. The van der Waals surface area contributed by atoms with Crippen molar-refractivity contribution >= 4 is 11.7 Å². The smallest absolute Gasteiger partial charge is 0.249 e. The third-order valence-electron chi connectivity index (χ3n) is 4.43. The van der Waals surface area contributed by atoms with Crippen molar-refractivity contribution in [3.05, 3.63) is 23.3 Å². The van der Waals surface area contributed by atoms with E-state index in [4.69, 9.17) is 9.47 Å². The number of hydrogen-bond acceptors (Lipinski definition) is 4. The fourth-order valence-electron chi connectivity index (χ4n) is 3.40. The van der Waals surface area contributed by atoms with Crippen LogP contribution in [0.4, 0.5) is 0 Å². The molecular formula is C17H22N2O3. The van der Waals surface area contributed by atoms with Gasteiger partial charge in [-0.15, -0.1) is 0 Å². The van der Waals surface area contributed by atoms with Crippen LogP contribution in [-0.2, 0) is 11.2 Å². The molecule has 0 aromatic heterocycles. The van der Waals surface area contributed by atoms with E-state index in [9.17, 15) is 4.79 Å². The first-order valence-electron chi connectivity index (χ1n) is 7.79. The Hall–Kier alpha value is -2.04. The lowest BCUT2D eigenvalue weighted by Gasteiger charge is -2.41. The van der Waals surface area contributed by atoms with Gasteiger partial charge in [0.1, 0.15) is 5.84 Å². The maximum atomic E-state index is 12.0. The number of benzene rings is 1. The molecule has 2 aliphatic heterocycles. The Labute approximate surface area is 130 Å². The molecule has 0 N–H and O–H groups in total. The highest BCUT2D eigenvalue weighted by Crippen LogP contribution is 2.41. The molecule has 5 heteroatoms. The first-order valence-corrected chi connectivity index (χ1v) is 7.79. The van der Waals surface area contributed by atoms with Crippen LogP contribution in [0.1, 0.15) is 43.4 Å². The van der Waals surface area contributed by atoms with Crippen LogP contribution in [0, 0.1) is 0 Å². The second-order valence-electron chi connectivity index (χ2n) is 5.74. The van der Waals surface area contributed by atoms with E-state index in [1.54, 1.807) is 14.2 Å². The molecule has 0 saturated heterocycles. The van der Waals surface area contributed by atoms with Gasteiger partial charge in [0.25, 0.3) is 0 Å². The van der Waals surface area contributed by atoms with Gasteiger partial charge in [-0.1, -0.05) is 6.92 Å². The number of carbonyl (C=O) groups excluding carboxylic acids is 1. The Kier molecular flexibility index (Phi) is 4.05. The van der Waals surface area contributed by atoms with E-state index in [0.717, 1.165) is 43.1 Å². The summed E-state index contributed by atoms with van der Waals surface area (Å²) >= 11 is 0. The van der Waals surface area contributed by atoms with Crippen LogP contribution in [0.15, 0.2) is 17.1 Å². The fraction of sp³-hybridized carbons (Fsp3) is 0.529. The molecule has 0 saturated carbocycles. The normalized spacial score (nSPS) is 20.1. The van der Waals surface area contributed by atoms with Gasteiger partial charge in [-0.05, 0) is 36.1 Å². The van der Waals surface area contributed by atoms with Crippen LogP contribution in [0.2, 0.25) is 0 Å². The van der Waals surface area contributed by atoms with Gasteiger partial charge < -0.3 is 14.4 Å². The SMILES string of the molecule is CCCC1=NC(=O)CC2c3cc(OC)c(OC)cc3CCN12. The average molecular weight is 302 g/mol. The van der Waals surface area contributed by atoms with Crippen molar-refractivity contribution in [2.24, 2.45) is 4.99 Å². The third kappa shape index (κ3) is 2.45. The number of hydrogen-bond donors (Lipinski definition) is 0. The topological polar surface area (TPSA) is 51.1 Å². The van der Waals surface area contributed by atoms with Crippen molar-refractivity contribution in [3.63, 3.8) is 0 Å². The maximum Gasteiger partial charge on any atom is 0.249 e. The highest BCUT2D eigenvalue weighted by Gasteiger charge is 2.35. The first-order chi connectivity index (χ1) is 10.7. The summed E-state index contributed by atoms with van der Waals surface area (Å²) in [4.78, 5) is 18.6. The molecule has 1 aromatic carbocycles. The molecule has 0 spiro atoms. The Morgan fingerprint density at radius 1 is 1.27 bits per heavy atom. The number of carbonyl (C=O) groups is 1. The summed E-state index contributed by atoms with van der Waals surface area (Å²) in [5.74, 6) is 2.38. The largest absolute Gasteiger partial charge is 0.493 e. The molecule has 0 bridgehead atoms. The molecule has 2 heterocycles. The Balaban J connectivity index is 2.03. The number of fused-ring (bicyclic) bond motifs is 3. The average Bonchev–Trinajstić information content (AvgIpc) is 2.53. The van der Waals surface area contributed by atoms with Crippen LogP contribution >= 0.6 is 0 Å². The van der Waals surface area contributed by atoms with Crippen molar-refractivity contribution < 1.29 is 14.3 Å². The molecule has 5 nitrogen and oxygen atoms in total. The summed E-state index contributed by atoms with van der Waals surface area (Å²) < 4.78 is 10.8. The van der Waals surface area contributed by atoms with Gasteiger partial charge >= 0.3 is 0 Å². The second-order valence-corrected chi connectivity index (χ2v) is 5.74.